The van der Waals surface area contributed by atoms with Gasteiger partial charge in [-0.2, -0.15) is 21.4 Å². The van der Waals surface area contributed by atoms with Crippen molar-refractivity contribution in [1.82, 2.24) is 5.32 Å². The van der Waals surface area contributed by atoms with Crippen molar-refractivity contribution in [3.63, 3.8) is 0 Å². The number of benzene rings is 2. The summed E-state index contributed by atoms with van der Waals surface area (Å²) in [5, 5.41) is 11.5. The smallest absolute Gasteiger partial charge is 0.303 e. The third-order valence-corrected chi connectivity index (χ3v) is 11.0. The lowest BCUT2D eigenvalue weighted by Crippen LogP contribution is -2.28. The van der Waals surface area contributed by atoms with Crippen LogP contribution in [0.4, 0.5) is 11.4 Å². The molecular formula is C35H46N3O9S2+. The minimum Gasteiger partial charge on any atom is -0.481 e. The second-order valence-corrected chi connectivity index (χ2v) is 16.3. The summed E-state index contributed by atoms with van der Waals surface area (Å²) in [4.78, 5) is 24.6. The molecule has 0 aromatic heterocycles. The maximum Gasteiger partial charge on any atom is 0.303 e. The van der Waals surface area contributed by atoms with Crippen LogP contribution in [0.15, 0.2) is 70.1 Å². The second kappa shape index (κ2) is 14.6. The molecule has 0 saturated carbocycles. The molecule has 0 saturated heterocycles. The lowest BCUT2D eigenvalue weighted by Gasteiger charge is -2.25. The Morgan fingerprint density at radius 3 is 2.10 bits per heavy atom. The summed E-state index contributed by atoms with van der Waals surface area (Å²) in [6.45, 7) is 11.5. The normalized spacial score (nSPS) is 17.5. The Bertz CT molecular complexity index is 1940. The number of unbranched alkanes of at least 4 members (excludes halogenated alkanes) is 2. The molecule has 0 radical (unpaired) electrons. The molecule has 49 heavy (non-hydrogen) atoms. The number of carbonyl (C=O) groups is 2. The number of carboxylic acids is 1. The summed E-state index contributed by atoms with van der Waals surface area (Å²) in [7, 11) is -8.80. The van der Waals surface area contributed by atoms with Gasteiger partial charge in [0.25, 0.3) is 20.2 Å². The fraction of sp³-hybridized carbons (Fsp3) is 0.457. The van der Waals surface area contributed by atoms with Crippen molar-refractivity contribution in [2.45, 2.75) is 93.8 Å². The lowest BCUT2D eigenvalue weighted by atomic mass is 9.81. The van der Waals surface area contributed by atoms with E-state index in [1.165, 1.54) is 24.3 Å². The standard InChI is InChI=1S/C35H45N3O9S2/c1-6-37-28-18-16-24(48(42,43)44)22-26(28)34(2,3)30(37)12-10-13-31-35(4,5)27-23-25(49(45,46)47)17-19-29(27)38(31)21-9-7-8-14-32(39)36-20-11-15-33(40)41/h10,12-13,16-19,22-23H,6-9,11,14-15,20-21H2,1-5H3,(H3-,36,39,40,41,42,43,44,45,46,47)/p+1. The molecule has 1 amide bonds. The number of hydrogen-bond acceptors (Lipinski definition) is 7. The molecule has 2 aliphatic heterocycles. The molecule has 0 unspecified atom stereocenters. The topological polar surface area (TPSA) is 181 Å². The summed E-state index contributed by atoms with van der Waals surface area (Å²) in [5.41, 5.74) is 3.83. The Hall–Kier alpha value is -3.85. The fourth-order valence-corrected chi connectivity index (χ4v) is 7.74. The van der Waals surface area contributed by atoms with Gasteiger partial charge in [-0.25, -0.2) is 0 Å². The average molecular weight is 717 g/mol. The Morgan fingerprint density at radius 1 is 0.857 bits per heavy atom. The van der Waals surface area contributed by atoms with Crippen molar-refractivity contribution in [2.24, 2.45) is 0 Å². The van der Waals surface area contributed by atoms with E-state index in [0.717, 1.165) is 46.8 Å². The Labute approximate surface area is 288 Å². The van der Waals surface area contributed by atoms with E-state index in [-0.39, 0.29) is 22.1 Å². The number of amides is 1. The number of nitrogens with zero attached hydrogens (tertiary/aromatic N) is 2. The molecule has 4 rings (SSSR count). The van der Waals surface area contributed by atoms with E-state index in [2.05, 4.69) is 14.8 Å². The van der Waals surface area contributed by atoms with Crippen LogP contribution < -0.4 is 10.2 Å². The molecule has 12 nitrogen and oxygen atoms in total. The summed E-state index contributed by atoms with van der Waals surface area (Å²) in [6, 6.07) is 9.21. The van der Waals surface area contributed by atoms with Crippen molar-refractivity contribution in [3.05, 3.63) is 71.5 Å². The largest absolute Gasteiger partial charge is 0.481 e. The van der Waals surface area contributed by atoms with Crippen LogP contribution >= 0.6 is 0 Å². The molecule has 2 heterocycles. The number of nitrogens with one attached hydrogen (secondary N) is 1. The molecule has 0 fully saturated rings. The maximum atomic E-state index is 12.2. The summed E-state index contributed by atoms with van der Waals surface area (Å²) in [6.07, 6.45) is 8.76. The van der Waals surface area contributed by atoms with Gasteiger partial charge in [-0.1, -0.05) is 19.9 Å². The molecule has 0 aliphatic carbocycles. The first-order valence-electron chi connectivity index (χ1n) is 16.3. The monoisotopic (exact) mass is 716 g/mol. The first-order valence-corrected chi connectivity index (χ1v) is 19.2. The van der Waals surface area contributed by atoms with Gasteiger partial charge in [0, 0.05) is 66.9 Å². The number of rotatable bonds is 15. The van der Waals surface area contributed by atoms with E-state index in [1.54, 1.807) is 12.1 Å². The minimum atomic E-state index is -4.42. The quantitative estimate of drug-likeness (QED) is 0.107. The van der Waals surface area contributed by atoms with Crippen LogP contribution in [-0.4, -0.2) is 72.8 Å². The SMILES string of the molecule is CCN1/C(=C/C=C/C2=[N+](CCCCCC(=O)NCCCC(=O)O)c3ccc(S(=O)(=O)O)cc3C2(C)C)C(C)(C)c2cc(S(=O)(=O)O)ccc21. The number of likely N-dealkylation sites (N-methyl/N-ethyl adjacent to an activating group) is 1. The molecule has 14 heteroatoms. The van der Waals surface area contributed by atoms with Gasteiger partial charge in [0.05, 0.1) is 15.2 Å². The van der Waals surface area contributed by atoms with Gasteiger partial charge < -0.3 is 15.3 Å². The molecule has 0 atom stereocenters. The third kappa shape index (κ3) is 8.31. The zero-order chi connectivity index (χ0) is 36.4. The number of carbonyl (C=O) groups excluding carboxylic acids is 1. The minimum absolute atomic E-state index is 0.00418. The summed E-state index contributed by atoms with van der Waals surface area (Å²) >= 11 is 0. The van der Waals surface area contributed by atoms with Gasteiger partial charge in [-0.3, -0.25) is 18.7 Å². The van der Waals surface area contributed by atoms with Crippen LogP contribution in [0.5, 0.6) is 0 Å². The van der Waals surface area contributed by atoms with Gasteiger partial charge in [-0.15, -0.1) is 0 Å². The van der Waals surface area contributed by atoms with Crippen molar-refractivity contribution in [3.8, 4) is 0 Å². The van der Waals surface area contributed by atoms with E-state index in [0.29, 0.717) is 38.9 Å². The number of anilines is 1. The van der Waals surface area contributed by atoms with Crippen LogP contribution in [0.25, 0.3) is 0 Å². The zero-order valence-corrected chi connectivity index (χ0v) is 30.2. The van der Waals surface area contributed by atoms with E-state index in [1.807, 2.05) is 52.8 Å². The highest BCUT2D eigenvalue weighted by atomic mass is 32.2. The predicted molar refractivity (Wildman–Crippen MR) is 187 cm³/mol. The number of fused-ring (bicyclic) bond motifs is 2. The van der Waals surface area contributed by atoms with E-state index in [9.17, 15) is 35.5 Å². The van der Waals surface area contributed by atoms with Gasteiger partial charge in [0.1, 0.15) is 6.54 Å². The highest BCUT2D eigenvalue weighted by Gasteiger charge is 2.45. The predicted octanol–water partition coefficient (Wildman–Crippen LogP) is 5.36. The molecule has 2 aromatic rings. The molecule has 4 N–H and O–H groups in total. The molecule has 266 valence electrons. The second-order valence-electron chi connectivity index (χ2n) is 13.4. The van der Waals surface area contributed by atoms with Crippen molar-refractivity contribution >= 4 is 49.2 Å². The highest BCUT2D eigenvalue weighted by molar-refractivity contribution is 7.86. The van der Waals surface area contributed by atoms with E-state index < -0.39 is 37.0 Å². The van der Waals surface area contributed by atoms with Crippen LogP contribution in [0.1, 0.15) is 84.3 Å². The lowest BCUT2D eigenvalue weighted by molar-refractivity contribution is -0.438. The third-order valence-electron chi connectivity index (χ3n) is 9.32. The van der Waals surface area contributed by atoms with Gasteiger partial charge >= 0.3 is 5.97 Å². The molecule has 2 aliphatic rings. The fourth-order valence-electron chi connectivity index (χ4n) is 6.73. The average Bonchev–Trinajstić information content (AvgIpc) is 3.36. The number of allylic oxidation sites excluding steroid dienone is 4. The van der Waals surface area contributed by atoms with Gasteiger partial charge in [0.2, 0.25) is 11.6 Å². The Kier molecular flexibility index (Phi) is 11.3. The van der Waals surface area contributed by atoms with Gasteiger partial charge in [0.15, 0.2) is 5.71 Å². The number of carboxylic acid groups (broad SMARTS) is 1. The number of aliphatic carboxylic acids is 1. The maximum absolute atomic E-state index is 12.2. The Morgan fingerprint density at radius 2 is 1.49 bits per heavy atom. The summed E-state index contributed by atoms with van der Waals surface area (Å²) in [5.74, 6) is -1.02. The first kappa shape index (κ1) is 38.0. The van der Waals surface area contributed by atoms with Crippen LogP contribution in [0.3, 0.4) is 0 Å². The van der Waals surface area contributed by atoms with Gasteiger partial charge in [-0.05, 0) is 82.0 Å². The highest BCUT2D eigenvalue weighted by Crippen LogP contribution is 2.48. The van der Waals surface area contributed by atoms with Crippen LogP contribution in [0, 0.1) is 0 Å². The molecular weight excluding hydrogens is 671 g/mol. The molecule has 0 spiro atoms. The first-order chi connectivity index (χ1) is 22.8. The van der Waals surface area contributed by atoms with E-state index >= 15 is 0 Å². The number of hydrogen-bond donors (Lipinski definition) is 4. The molecule has 0 bridgehead atoms. The van der Waals surface area contributed by atoms with Crippen LogP contribution in [-0.2, 0) is 40.7 Å². The van der Waals surface area contributed by atoms with Crippen molar-refractivity contribution in [2.75, 3.05) is 24.5 Å². The molecule has 2 aromatic carbocycles. The summed E-state index contributed by atoms with van der Waals surface area (Å²) < 4.78 is 69.4. The Balaban J connectivity index is 1.61. The zero-order valence-electron chi connectivity index (χ0n) is 28.6. The van der Waals surface area contributed by atoms with Crippen molar-refractivity contribution in [1.29, 1.82) is 0 Å². The van der Waals surface area contributed by atoms with Crippen molar-refractivity contribution < 1.29 is 45.2 Å². The van der Waals surface area contributed by atoms with Crippen LogP contribution in [0.2, 0.25) is 0 Å². The van der Waals surface area contributed by atoms with E-state index in [4.69, 9.17) is 5.11 Å².